The van der Waals surface area contributed by atoms with Crippen molar-refractivity contribution in [2.75, 3.05) is 5.32 Å². The third-order valence-corrected chi connectivity index (χ3v) is 2.93. The van der Waals surface area contributed by atoms with Crippen LogP contribution in [0, 0.1) is 17.0 Å². The highest BCUT2D eigenvalue weighted by atomic mass is 16.6. The maximum atomic E-state index is 11.3. The highest BCUT2D eigenvalue weighted by Gasteiger charge is 2.16. The van der Waals surface area contributed by atoms with Crippen LogP contribution in [0.1, 0.15) is 22.8 Å². The highest BCUT2D eigenvalue weighted by Crippen LogP contribution is 2.28. The van der Waals surface area contributed by atoms with Crippen LogP contribution in [0.4, 0.5) is 17.1 Å². The molecule has 5 heteroatoms. The minimum absolute atomic E-state index is 0.113. The highest BCUT2D eigenvalue weighted by molar-refractivity contribution is 5.95. The van der Waals surface area contributed by atoms with Gasteiger partial charge in [0.1, 0.15) is 5.69 Å². The summed E-state index contributed by atoms with van der Waals surface area (Å²) in [5.74, 6) is -0.199. The molecular weight excluding hydrogens is 256 g/mol. The zero-order valence-corrected chi connectivity index (χ0v) is 11.2. The van der Waals surface area contributed by atoms with Crippen LogP contribution >= 0.6 is 0 Å². The molecule has 2 aromatic rings. The molecule has 0 heterocycles. The average molecular weight is 270 g/mol. The number of hydrogen-bond donors (Lipinski definition) is 1. The number of benzene rings is 2. The van der Waals surface area contributed by atoms with Crippen LogP contribution in [-0.4, -0.2) is 10.7 Å². The Labute approximate surface area is 116 Å². The summed E-state index contributed by atoms with van der Waals surface area (Å²) in [6.07, 6.45) is 0. The molecule has 1 N–H and O–H groups in total. The molecule has 0 aliphatic rings. The Bertz CT molecular complexity index is 663. The lowest BCUT2D eigenvalue weighted by molar-refractivity contribution is -0.383. The SMILES string of the molecule is CC(=O)c1ccc(Nc2ccc(C)cc2)c([N+](=O)[O-])c1. The van der Waals surface area contributed by atoms with E-state index < -0.39 is 4.92 Å². The van der Waals surface area contributed by atoms with Crippen molar-refractivity contribution in [2.24, 2.45) is 0 Å². The molecule has 0 radical (unpaired) electrons. The molecule has 20 heavy (non-hydrogen) atoms. The number of carbonyl (C=O) groups excluding carboxylic acids is 1. The van der Waals surface area contributed by atoms with E-state index in [1.165, 1.54) is 13.0 Å². The first kappa shape index (κ1) is 13.7. The average Bonchev–Trinajstić information content (AvgIpc) is 2.41. The van der Waals surface area contributed by atoms with E-state index in [0.717, 1.165) is 11.3 Å². The van der Waals surface area contributed by atoms with E-state index in [0.29, 0.717) is 11.3 Å². The number of nitro groups is 1. The van der Waals surface area contributed by atoms with E-state index in [4.69, 9.17) is 0 Å². The minimum Gasteiger partial charge on any atom is -0.350 e. The van der Waals surface area contributed by atoms with Crippen LogP contribution in [0.25, 0.3) is 0 Å². The lowest BCUT2D eigenvalue weighted by atomic mass is 10.1. The first-order chi connectivity index (χ1) is 9.47. The Balaban J connectivity index is 2.38. The molecule has 0 amide bonds. The molecular formula is C15H14N2O3. The summed E-state index contributed by atoms with van der Waals surface area (Å²) in [5.41, 5.74) is 2.44. The molecule has 0 aliphatic heterocycles. The molecule has 0 saturated carbocycles. The second-order valence-electron chi connectivity index (χ2n) is 4.54. The van der Waals surface area contributed by atoms with Gasteiger partial charge in [0.05, 0.1) is 4.92 Å². The summed E-state index contributed by atoms with van der Waals surface area (Å²) in [6.45, 7) is 3.35. The van der Waals surface area contributed by atoms with Gasteiger partial charge in [0.25, 0.3) is 5.69 Å². The summed E-state index contributed by atoms with van der Waals surface area (Å²) in [7, 11) is 0. The van der Waals surface area contributed by atoms with Crippen LogP contribution in [0.5, 0.6) is 0 Å². The van der Waals surface area contributed by atoms with Crippen LogP contribution in [0.3, 0.4) is 0 Å². The van der Waals surface area contributed by atoms with Gasteiger partial charge in [-0.3, -0.25) is 14.9 Å². The molecule has 0 unspecified atom stereocenters. The number of nitro benzene ring substituents is 1. The fraction of sp³-hybridized carbons (Fsp3) is 0.133. The van der Waals surface area contributed by atoms with Gasteiger partial charge in [-0.1, -0.05) is 17.7 Å². The van der Waals surface area contributed by atoms with Gasteiger partial charge in [0.15, 0.2) is 5.78 Å². The van der Waals surface area contributed by atoms with Crippen molar-refractivity contribution in [3.63, 3.8) is 0 Å². The molecule has 0 aliphatic carbocycles. The quantitative estimate of drug-likeness (QED) is 0.520. The van der Waals surface area contributed by atoms with Crippen molar-refractivity contribution in [3.8, 4) is 0 Å². The molecule has 0 spiro atoms. The van der Waals surface area contributed by atoms with Gasteiger partial charge in [0.2, 0.25) is 0 Å². The van der Waals surface area contributed by atoms with E-state index in [1.54, 1.807) is 12.1 Å². The molecule has 0 bridgehead atoms. The maximum absolute atomic E-state index is 11.3. The van der Waals surface area contributed by atoms with Crippen molar-refractivity contribution < 1.29 is 9.72 Å². The number of hydrogen-bond acceptors (Lipinski definition) is 4. The number of Topliss-reactive ketones (excluding diaryl/α,β-unsaturated/α-hetero) is 1. The van der Waals surface area contributed by atoms with E-state index in [-0.39, 0.29) is 11.5 Å². The van der Waals surface area contributed by atoms with E-state index in [2.05, 4.69) is 5.32 Å². The number of aryl methyl sites for hydroxylation is 1. The standard InChI is InChI=1S/C15H14N2O3/c1-10-3-6-13(7-4-10)16-14-8-5-12(11(2)18)9-15(14)17(19)20/h3-9,16H,1-2H3. The molecule has 0 atom stereocenters. The lowest BCUT2D eigenvalue weighted by Gasteiger charge is -2.08. The van der Waals surface area contributed by atoms with Gasteiger partial charge in [-0.15, -0.1) is 0 Å². The minimum atomic E-state index is -0.497. The summed E-state index contributed by atoms with van der Waals surface area (Å²) >= 11 is 0. The lowest BCUT2D eigenvalue weighted by Crippen LogP contribution is -2.00. The third kappa shape index (κ3) is 3.00. The Morgan fingerprint density at radius 3 is 2.35 bits per heavy atom. The first-order valence-corrected chi connectivity index (χ1v) is 6.10. The molecule has 2 rings (SSSR count). The number of rotatable bonds is 4. The molecule has 0 saturated heterocycles. The van der Waals surface area contributed by atoms with Crippen molar-refractivity contribution in [2.45, 2.75) is 13.8 Å². The fourth-order valence-corrected chi connectivity index (χ4v) is 1.80. The number of nitrogens with zero attached hydrogens (tertiary/aromatic N) is 1. The monoisotopic (exact) mass is 270 g/mol. The third-order valence-electron chi connectivity index (χ3n) is 2.93. The summed E-state index contributed by atoms with van der Waals surface area (Å²) < 4.78 is 0. The second kappa shape index (κ2) is 5.52. The molecule has 0 fully saturated rings. The van der Waals surface area contributed by atoms with Gasteiger partial charge >= 0.3 is 0 Å². The molecule has 0 aromatic heterocycles. The summed E-state index contributed by atoms with van der Waals surface area (Å²) in [5, 5.41) is 14.1. The van der Waals surface area contributed by atoms with Crippen molar-refractivity contribution in [1.82, 2.24) is 0 Å². The zero-order valence-electron chi connectivity index (χ0n) is 11.2. The van der Waals surface area contributed by atoms with E-state index in [9.17, 15) is 14.9 Å². The largest absolute Gasteiger partial charge is 0.350 e. The van der Waals surface area contributed by atoms with E-state index >= 15 is 0 Å². The van der Waals surface area contributed by atoms with Gasteiger partial charge < -0.3 is 5.32 Å². The van der Waals surface area contributed by atoms with Crippen LogP contribution in [-0.2, 0) is 0 Å². The predicted molar refractivity (Wildman–Crippen MR) is 77.6 cm³/mol. The van der Waals surface area contributed by atoms with Gasteiger partial charge in [-0.25, -0.2) is 0 Å². The smallest absolute Gasteiger partial charge is 0.293 e. The fourth-order valence-electron chi connectivity index (χ4n) is 1.80. The number of nitrogens with one attached hydrogen (secondary N) is 1. The normalized spacial score (nSPS) is 10.1. The summed E-state index contributed by atoms with van der Waals surface area (Å²) in [4.78, 5) is 21.9. The topological polar surface area (TPSA) is 72.2 Å². The first-order valence-electron chi connectivity index (χ1n) is 6.10. The van der Waals surface area contributed by atoms with E-state index in [1.807, 2.05) is 31.2 Å². The van der Waals surface area contributed by atoms with Crippen molar-refractivity contribution >= 4 is 22.8 Å². The molecule has 102 valence electrons. The van der Waals surface area contributed by atoms with Crippen LogP contribution in [0.2, 0.25) is 0 Å². The van der Waals surface area contributed by atoms with Crippen LogP contribution in [0.15, 0.2) is 42.5 Å². The number of carbonyl (C=O) groups is 1. The Hall–Kier alpha value is -2.69. The van der Waals surface area contributed by atoms with Crippen LogP contribution < -0.4 is 5.32 Å². The zero-order chi connectivity index (χ0) is 14.7. The number of anilines is 2. The Morgan fingerprint density at radius 2 is 1.80 bits per heavy atom. The van der Waals surface area contributed by atoms with Gasteiger partial charge in [0, 0.05) is 17.3 Å². The number of ketones is 1. The molecule has 2 aromatic carbocycles. The summed E-state index contributed by atoms with van der Waals surface area (Å²) in [6, 6.07) is 11.9. The van der Waals surface area contributed by atoms with Crippen molar-refractivity contribution in [1.29, 1.82) is 0 Å². The Kier molecular flexibility index (Phi) is 3.79. The predicted octanol–water partition coefficient (Wildman–Crippen LogP) is 3.85. The Morgan fingerprint density at radius 1 is 1.15 bits per heavy atom. The molecule has 5 nitrogen and oxygen atoms in total. The van der Waals surface area contributed by atoms with Gasteiger partial charge in [-0.2, -0.15) is 0 Å². The van der Waals surface area contributed by atoms with Gasteiger partial charge in [-0.05, 0) is 38.1 Å². The maximum Gasteiger partial charge on any atom is 0.293 e. The second-order valence-corrected chi connectivity index (χ2v) is 4.54. The van der Waals surface area contributed by atoms with Crippen molar-refractivity contribution in [3.05, 3.63) is 63.7 Å².